The van der Waals surface area contributed by atoms with Crippen molar-refractivity contribution in [2.75, 3.05) is 0 Å². The van der Waals surface area contributed by atoms with E-state index in [4.69, 9.17) is 0 Å². The summed E-state index contributed by atoms with van der Waals surface area (Å²) in [4.78, 5) is 24.2. The van der Waals surface area contributed by atoms with Crippen LogP contribution in [0.1, 0.15) is 33.1 Å². The largest absolute Gasteiger partial charge is 0.389 e. The van der Waals surface area contributed by atoms with E-state index in [2.05, 4.69) is 6.58 Å². The van der Waals surface area contributed by atoms with Crippen molar-refractivity contribution in [2.24, 2.45) is 23.2 Å². The Kier molecular flexibility index (Phi) is 1.89. The number of rotatable bonds is 1. The lowest BCUT2D eigenvalue weighted by Crippen LogP contribution is -2.69. The average molecular weight is 234 g/mol. The third-order valence-electron chi connectivity index (χ3n) is 5.56. The molecule has 4 fully saturated rings. The third-order valence-corrected chi connectivity index (χ3v) is 5.56. The Labute approximate surface area is 101 Å². The molecule has 0 aromatic rings. The number of Topliss-reactive ketones (excluding diaryl/α,β-unsaturated/α-hetero) is 2. The summed E-state index contributed by atoms with van der Waals surface area (Å²) in [5.74, 6) is -0.793. The summed E-state index contributed by atoms with van der Waals surface area (Å²) >= 11 is 0. The molecule has 0 heterocycles. The maximum absolute atomic E-state index is 12.2. The molecule has 4 aliphatic rings. The van der Waals surface area contributed by atoms with Gasteiger partial charge in [-0.25, -0.2) is 0 Å². The Morgan fingerprint density at radius 2 is 2.00 bits per heavy atom. The van der Waals surface area contributed by atoms with Crippen LogP contribution in [0.15, 0.2) is 12.2 Å². The highest BCUT2D eigenvalue weighted by Crippen LogP contribution is 2.64. The van der Waals surface area contributed by atoms with Gasteiger partial charge in [0.2, 0.25) is 0 Å². The molecule has 4 saturated carbocycles. The Bertz CT molecular complexity index is 448. The van der Waals surface area contributed by atoms with Crippen molar-refractivity contribution in [3.8, 4) is 0 Å². The van der Waals surface area contributed by atoms with Gasteiger partial charge in [-0.2, -0.15) is 0 Å². The average Bonchev–Trinajstić information content (AvgIpc) is 2.22. The van der Waals surface area contributed by atoms with Gasteiger partial charge < -0.3 is 5.11 Å². The first-order chi connectivity index (χ1) is 7.81. The molecular weight excluding hydrogens is 216 g/mol. The second-order valence-electron chi connectivity index (χ2n) is 6.26. The predicted octanol–water partition coefficient (Wildman–Crippen LogP) is 1.50. The summed E-state index contributed by atoms with van der Waals surface area (Å²) in [5.41, 5.74) is -0.529. The lowest BCUT2D eigenvalue weighted by Gasteiger charge is -2.63. The Balaban J connectivity index is 2.17. The first-order valence-corrected chi connectivity index (χ1v) is 6.27. The van der Waals surface area contributed by atoms with Gasteiger partial charge in [0.1, 0.15) is 11.6 Å². The fourth-order valence-electron chi connectivity index (χ4n) is 4.46. The van der Waals surface area contributed by atoms with E-state index in [-0.39, 0.29) is 23.4 Å². The predicted molar refractivity (Wildman–Crippen MR) is 62.2 cm³/mol. The third kappa shape index (κ3) is 1.02. The molecule has 0 aromatic heterocycles. The quantitative estimate of drug-likeness (QED) is 0.552. The molecule has 3 heteroatoms. The number of hydrogen-bond donors (Lipinski definition) is 1. The van der Waals surface area contributed by atoms with E-state index in [1.54, 1.807) is 6.92 Å². The van der Waals surface area contributed by atoms with Crippen LogP contribution < -0.4 is 0 Å². The Morgan fingerprint density at radius 1 is 1.35 bits per heavy atom. The van der Waals surface area contributed by atoms with E-state index in [1.165, 1.54) is 0 Å². The van der Waals surface area contributed by atoms with Crippen LogP contribution in [0.3, 0.4) is 0 Å². The number of ketones is 2. The van der Waals surface area contributed by atoms with E-state index < -0.39 is 16.9 Å². The van der Waals surface area contributed by atoms with Crippen LogP contribution in [0.4, 0.5) is 0 Å². The van der Waals surface area contributed by atoms with E-state index in [1.807, 2.05) is 6.92 Å². The van der Waals surface area contributed by atoms with Gasteiger partial charge in [0, 0.05) is 17.3 Å². The van der Waals surface area contributed by atoms with E-state index in [0.717, 1.165) is 5.57 Å². The van der Waals surface area contributed by atoms with Gasteiger partial charge in [-0.15, -0.1) is 0 Å². The molecule has 17 heavy (non-hydrogen) atoms. The number of carbonyl (C=O) groups excluding carboxylic acids is 2. The molecule has 1 unspecified atom stereocenters. The van der Waals surface area contributed by atoms with Crippen LogP contribution in [0, 0.1) is 23.2 Å². The van der Waals surface area contributed by atoms with Crippen molar-refractivity contribution in [1.82, 2.24) is 0 Å². The van der Waals surface area contributed by atoms with Crippen molar-refractivity contribution < 1.29 is 14.7 Å². The molecule has 0 aliphatic heterocycles. The topological polar surface area (TPSA) is 54.4 Å². The van der Waals surface area contributed by atoms with Crippen LogP contribution in [-0.2, 0) is 9.59 Å². The molecule has 4 bridgehead atoms. The van der Waals surface area contributed by atoms with Crippen molar-refractivity contribution >= 4 is 11.6 Å². The molecule has 4 aliphatic carbocycles. The molecule has 1 N–H and O–H groups in total. The zero-order valence-electron chi connectivity index (χ0n) is 10.3. The summed E-state index contributed by atoms with van der Waals surface area (Å²) in [6.45, 7) is 7.68. The molecule has 0 amide bonds. The van der Waals surface area contributed by atoms with Crippen LogP contribution in [0.2, 0.25) is 0 Å². The zero-order valence-corrected chi connectivity index (χ0v) is 10.3. The van der Waals surface area contributed by atoms with Crippen LogP contribution in [-0.4, -0.2) is 22.3 Å². The molecule has 0 aromatic carbocycles. The Morgan fingerprint density at radius 3 is 2.59 bits per heavy atom. The van der Waals surface area contributed by atoms with E-state index in [0.29, 0.717) is 19.3 Å². The smallest absolute Gasteiger partial charge is 0.149 e. The number of hydrogen-bond acceptors (Lipinski definition) is 3. The normalized spacial score (nSPS) is 52.1. The summed E-state index contributed by atoms with van der Waals surface area (Å²) in [7, 11) is 0. The summed E-state index contributed by atoms with van der Waals surface area (Å²) < 4.78 is 0. The lowest BCUT2D eigenvalue weighted by molar-refractivity contribution is -0.200. The molecule has 4 rings (SSSR count). The fraction of sp³-hybridized carbons (Fsp3) is 0.714. The first-order valence-electron chi connectivity index (χ1n) is 6.27. The highest BCUT2D eigenvalue weighted by Gasteiger charge is 2.69. The highest BCUT2D eigenvalue weighted by atomic mass is 16.3. The van der Waals surface area contributed by atoms with Gasteiger partial charge >= 0.3 is 0 Å². The summed E-state index contributed by atoms with van der Waals surface area (Å²) in [6, 6.07) is 0. The highest BCUT2D eigenvalue weighted by molar-refractivity contribution is 6.08. The fourth-order valence-corrected chi connectivity index (χ4v) is 4.46. The van der Waals surface area contributed by atoms with Gasteiger partial charge in [-0.05, 0) is 33.1 Å². The van der Waals surface area contributed by atoms with E-state index >= 15 is 0 Å². The Hall–Kier alpha value is -0.960. The SMILES string of the molecule is C=C(C)[C@]12C[C@H]3C[C@H](C(=O)[C@@H](C1)C3=O)C2(C)O. The minimum atomic E-state index is -1.02. The van der Waals surface area contributed by atoms with Gasteiger partial charge in [0.05, 0.1) is 11.5 Å². The van der Waals surface area contributed by atoms with Gasteiger partial charge in [-0.1, -0.05) is 12.2 Å². The van der Waals surface area contributed by atoms with Gasteiger partial charge in [-0.3, -0.25) is 9.59 Å². The molecule has 0 saturated heterocycles. The van der Waals surface area contributed by atoms with Crippen LogP contribution in [0.25, 0.3) is 0 Å². The standard InChI is InChI=1S/C14H18O3/c1-7(2)14-5-8-4-10(13(14,3)17)12(16)9(6-14)11(8)15/h8-10,17H,1,4-6H2,2-3H3/t8-,9+,10-,13?,14+/m1/s1. The first kappa shape index (κ1) is 11.1. The molecule has 0 radical (unpaired) electrons. The van der Waals surface area contributed by atoms with E-state index in [9.17, 15) is 14.7 Å². The van der Waals surface area contributed by atoms with Crippen LogP contribution >= 0.6 is 0 Å². The zero-order chi connectivity index (χ0) is 12.6. The summed E-state index contributed by atoms with van der Waals surface area (Å²) in [6.07, 6.45) is 1.69. The number of carbonyl (C=O) groups is 2. The van der Waals surface area contributed by atoms with Gasteiger partial charge in [0.25, 0.3) is 0 Å². The molecular formula is C14H18O3. The minimum absolute atomic E-state index is 0.0339. The van der Waals surface area contributed by atoms with Crippen molar-refractivity contribution in [3.63, 3.8) is 0 Å². The van der Waals surface area contributed by atoms with Crippen molar-refractivity contribution in [1.29, 1.82) is 0 Å². The minimum Gasteiger partial charge on any atom is -0.389 e. The lowest BCUT2D eigenvalue weighted by atomic mass is 9.41. The van der Waals surface area contributed by atoms with Crippen LogP contribution in [0.5, 0.6) is 0 Å². The molecule has 5 atom stereocenters. The van der Waals surface area contributed by atoms with Crippen molar-refractivity contribution in [2.45, 2.75) is 38.7 Å². The number of aliphatic hydroxyl groups is 1. The maximum atomic E-state index is 12.2. The maximum Gasteiger partial charge on any atom is 0.149 e. The molecule has 0 spiro atoms. The second-order valence-corrected chi connectivity index (χ2v) is 6.26. The molecule has 92 valence electrons. The summed E-state index contributed by atoms with van der Waals surface area (Å²) in [5, 5.41) is 10.8. The molecule has 3 nitrogen and oxygen atoms in total. The van der Waals surface area contributed by atoms with Crippen molar-refractivity contribution in [3.05, 3.63) is 12.2 Å². The van der Waals surface area contributed by atoms with Gasteiger partial charge in [0.15, 0.2) is 0 Å². The second kappa shape index (κ2) is 2.89. The monoisotopic (exact) mass is 234 g/mol.